The molecule has 6 nitrogen and oxygen atoms in total. The van der Waals surface area contributed by atoms with Gasteiger partial charge in [0.25, 0.3) is 0 Å². The number of sulfonamides is 1. The summed E-state index contributed by atoms with van der Waals surface area (Å²) in [5.74, 6) is -0.282. The fraction of sp³-hybridized carbons (Fsp3) is 0.556. The second kappa shape index (κ2) is 8.58. The highest BCUT2D eigenvalue weighted by molar-refractivity contribution is 7.89. The van der Waals surface area contributed by atoms with E-state index in [2.05, 4.69) is 12.2 Å². The van der Waals surface area contributed by atoms with Crippen LogP contribution in [0.3, 0.4) is 0 Å². The van der Waals surface area contributed by atoms with Crippen molar-refractivity contribution in [3.63, 3.8) is 0 Å². The predicted octanol–water partition coefficient (Wildman–Crippen LogP) is 2.21. The Bertz CT molecular complexity index is 722. The molecule has 0 saturated carbocycles. The van der Waals surface area contributed by atoms with Crippen molar-refractivity contribution in [2.45, 2.75) is 44.4 Å². The van der Waals surface area contributed by atoms with E-state index in [1.807, 2.05) is 0 Å². The largest absolute Gasteiger partial charge is 0.356 e. The molecular weight excluding hydrogens is 340 g/mol. The Labute approximate surface area is 149 Å². The summed E-state index contributed by atoms with van der Waals surface area (Å²) in [6.07, 6.45) is 3.01. The van der Waals surface area contributed by atoms with Crippen molar-refractivity contribution in [2.75, 3.05) is 19.6 Å². The van der Waals surface area contributed by atoms with Gasteiger partial charge in [-0.1, -0.05) is 25.5 Å². The Morgan fingerprint density at radius 1 is 1.24 bits per heavy atom. The van der Waals surface area contributed by atoms with E-state index in [9.17, 15) is 18.0 Å². The molecule has 0 aliphatic carbocycles. The Kier molecular flexibility index (Phi) is 6.72. The molecule has 0 aromatic heterocycles. The van der Waals surface area contributed by atoms with Crippen LogP contribution in [0.4, 0.5) is 0 Å². The maximum absolute atomic E-state index is 12.8. The number of ketones is 1. The fourth-order valence-corrected chi connectivity index (χ4v) is 4.43. The average Bonchev–Trinajstić information content (AvgIpc) is 2.62. The Balaban J connectivity index is 2.00. The van der Waals surface area contributed by atoms with Gasteiger partial charge in [-0.25, -0.2) is 8.42 Å². The molecular formula is C18H26N2O4S. The van der Waals surface area contributed by atoms with Gasteiger partial charge >= 0.3 is 0 Å². The minimum Gasteiger partial charge on any atom is -0.356 e. The molecule has 0 radical (unpaired) electrons. The number of amides is 1. The number of nitrogens with zero attached hydrogens (tertiary/aromatic N) is 1. The summed E-state index contributed by atoms with van der Waals surface area (Å²) in [6, 6.07) is 6.11. The molecule has 1 N–H and O–H groups in total. The van der Waals surface area contributed by atoms with E-state index >= 15 is 0 Å². The van der Waals surface area contributed by atoms with Crippen LogP contribution < -0.4 is 5.32 Å². The van der Waals surface area contributed by atoms with Crippen molar-refractivity contribution in [3.8, 4) is 0 Å². The highest BCUT2D eigenvalue weighted by Gasteiger charge is 2.32. The second-order valence-electron chi connectivity index (χ2n) is 6.41. The van der Waals surface area contributed by atoms with Gasteiger partial charge < -0.3 is 5.32 Å². The number of unbranched alkanes of at least 4 members (excludes halogenated alkanes) is 1. The van der Waals surface area contributed by atoms with E-state index in [0.717, 1.165) is 12.8 Å². The highest BCUT2D eigenvalue weighted by Crippen LogP contribution is 2.24. The smallest absolute Gasteiger partial charge is 0.243 e. The van der Waals surface area contributed by atoms with Gasteiger partial charge in [0.15, 0.2) is 5.78 Å². The van der Waals surface area contributed by atoms with E-state index < -0.39 is 10.0 Å². The molecule has 1 aromatic rings. The summed E-state index contributed by atoms with van der Waals surface area (Å²) in [7, 11) is -3.64. The third-order valence-corrected chi connectivity index (χ3v) is 6.43. The standard InChI is InChI=1S/C18H26N2O4S/c1-3-4-10-19-18(22)15-8-11-20(12-9-15)25(23,24)17-7-5-6-16(13-17)14(2)21/h5-7,13,15H,3-4,8-12H2,1-2H3,(H,19,22). The number of carbonyl (C=O) groups is 2. The lowest BCUT2D eigenvalue weighted by Gasteiger charge is -2.30. The lowest BCUT2D eigenvalue weighted by Crippen LogP contribution is -2.43. The first kappa shape index (κ1) is 19.6. The number of hydrogen-bond acceptors (Lipinski definition) is 4. The van der Waals surface area contributed by atoms with Crippen LogP contribution in [-0.2, 0) is 14.8 Å². The molecule has 0 unspecified atom stereocenters. The topological polar surface area (TPSA) is 83.6 Å². The first-order valence-corrected chi connectivity index (χ1v) is 10.2. The maximum Gasteiger partial charge on any atom is 0.243 e. The molecule has 1 saturated heterocycles. The highest BCUT2D eigenvalue weighted by atomic mass is 32.2. The van der Waals surface area contributed by atoms with Gasteiger partial charge in [-0.2, -0.15) is 4.31 Å². The Morgan fingerprint density at radius 3 is 2.52 bits per heavy atom. The summed E-state index contributed by atoms with van der Waals surface area (Å²) in [6.45, 7) is 4.79. The zero-order valence-electron chi connectivity index (χ0n) is 14.8. The second-order valence-corrected chi connectivity index (χ2v) is 8.34. The van der Waals surface area contributed by atoms with Crippen LogP contribution in [0.5, 0.6) is 0 Å². The van der Waals surface area contributed by atoms with Crippen molar-refractivity contribution in [1.29, 1.82) is 0 Å². The number of rotatable bonds is 7. The lowest BCUT2D eigenvalue weighted by molar-refractivity contribution is -0.126. The van der Waals surface area contributed by atoms with Crippen LogP contribution in [0.15, 0.2) is 29.2 Å². The normalized spacial score (nSPS) is 16.6. The van der Waals surface area contributed by atoms with Crippen molar-refractivity contribution in [3.05, 3.63) is 29.8 Å². The average molecular weight is 366 g/mol. The van der Waals surface area contributed by atoms with Gasteiger partial charge in [-0.05, 0) is 38.3 Å². The molecule has 1 heterocycles. The first-order chi connectivity index (χ1) is 11.9. The van der Waals surface area contributed by atoms with E-state index in [1.54, 1.807) is 12.1 Å². The minimum absolute atomic E-state index is 0.0177. The van der Waals surface area contributed by atoms with Gasteiger partial charge in [-0.3, -0.25) is 9.59 Å². The van der Waals surface area contributed by atoms with Crippen LogP contribution in [0.25, 0.3) is 0 Å². The fourth-order valence-electron chi connectivity index (χ4n) is 2.92. The van der Waals surface area contributed by atoms with Gasteiger partial charge in [0.2, 0.25) is 15.9 Å². The van der Waals surface area contributed by atoms with Gasteiger partial charge in [0.1, 0.15) is 0 Å². The number of benzene rings is 1. The Hall–Kier alpha value is -1.73. The molecule has 7 heteroatoms. The summed E-state index contributed by atoms with van der Waals surface area (Å²) in [5.41, 5.74) is 0.381. The van der Waals surface area contributed by atoms with Crippen LogP contribution >= 0.6 is 0 Å². The summed E-state index contributed by atoms with van der Waals surface area (Å²) in [5, 5.41) is 2.91. The van der Waals surface area contributed by atoms with Gasteiger partial charge in [0, 0.05) is 31.1 Å². The van der Waals surface area contributed by atoms with Crippen molar-refractivity contribution >= 4 is 21.7 Å². The first-order valence-electron chi connectivity index (χ1n) is 8.75. The number of Topliss-reactive ketones (excluding diaryl/α,β-unsaturated/α-hetero) is 1. The maximum atomic E-state index is 12.8. The zero-order chi connectivity index (χ0) is 18.4. The quantitative estimate of drug-likeness (QED) is 0.592. The predicted molar refractivity (Wildman–Crippen MR) is 95.8 cm³/mol. The van der Waals surface area contributed by atoms with Gasteiger partial charge in [0.05, 0.1) is 4.90 Å². The van der Waals surface area contributed by atoms with Gasteiger partial charge in [-0.15, -0.1) is 0 Å². The van der Waals surface area contributed by atoms with E-state index in [1.165, 1.54) is 23.4 Å². The molecule has 1 aromatic carbocycles. The molecule has 1 fully saturated rings. The van der Waals surface area contributed by atoms with Crippen molar-refractivity contribution in [2.24, 2.45) is 5.92 Å². The zero-order valence-corrected chi connectivity index (χ0v) is 15.6. The molecule has 0 atom stereocenters. The van der Waals surface area contributed by atoms with E-state index in [4.69, 9.17) is 0 Å². The molecule has 2 rings (SSSR count). The van der Waals surface area contributed by atoms with E-state index in [0.29, 0.717) is 38.0 Å². The van der Waals surface area contributed by atoms with E-state index in [-0.39, 0.29) is 22.5 Å². The number of piperidine rings is 1. The summed E-state index contributed by atoms with van der Waals surface area (Å²) in [4.78, 5) is 23.7. The van der Waals surface area contributed by atoms with Crippen LogP contribution in [0, 0.1) is 5.92 Å². The minimum atomic E-state index is -3.64. The SMILES string of the molecule is CCCCNC(=O)C1CCN(S(=O)(=O)c2cccc(C(C)=O)c2)CC1. The third-order valence-electron chi connectivity index (χ3n) is 4.53. The van der Waals surface area contributed by atoms with Crippen LogP contribution in [-0.4, -0.2) is 44.0 Å². The molecule has 0 bridgehead atoms. The number of hydrogen-bond donors (Lipinski definition) is 1. The number of nitrogens with one attached hydrogen (secondary N) is 1. The molecule has 0 spiro atoms. The Morgan fingerprint density at radius 2 is 1.92 bits per heavy atom. The van der Waals surface area contributed by atoms with Crippen molar-refractivity contribution < 1.29 is 18.0 Å². The number of carbonyl (C=O) groups excluding carboxylic acids is 2. The van der Waals surface area contributed by atoms with Crippen LogP contribution in [0.2, 0.25) is 0 Å². The van der Waals surface area contributed by atoms with Crippen molar-refractivity contribution in [1.82, 2.24) is 9.62 Å². The lowest BCUT2D eigenvalue weighted by atomic mass is 9.97. The monoisotopic (exact) mass is 366 g/mol. The summed E-state index contributed by atoms with van der Waals surface area (Å²) < 4.78 is 26.9. The molecule has 1 amide bonds. The summed E-state index contributed by atoms with van der Waals surface area (Å²) >= 11 is 0. The molecule has 1 aliphatic heterocycles. The third kappa shape index (κ3) is 4.89. The van der Waals surface area contributed by atoms with Crippen LogP contribution in [0.1, 0.15) is 49.9 Å². The molecule has 25 heavy (non-hydrogen) atoms. The molecule has 1 aliphatic rings. The molecule has 138 valence electrons.